The molecule has 1 aliphatic rings. The Kier molecular flexibility index (Phi) is 2.27. The third-order valence-corrected chi connectivity index (χ3v) is 2.42. The number of rotatable bonds is 1. The molecule has 0 radical (unpaired) electrons. The van der Waals surface area contributed by atoms with E-state index in [0.717, 1.165) is 17.5 Å². The van der Waals surface area contributed by atoms with Crippen LogP contribution in [0.15, 0.2) is 18.2 Å². The minimum Gasteiger partial charge on any atom is -0.478 e. The van der Waals surface area contributed by atoms with E-state index >= 15 is 0 Å². The Balaban J connectivity index is 2.54. The first kappa shape index (κ1) is 9.49. The van der Waals surface area contributed by atoms with E-state index in [0.29, 0.717) is 12.2 Å². The first-order valence-corrected chi connectivity index (χ1v) is 4.58. The van der Waals surface area contributed by atoms with Crippen LogP contribution in [-0.4, -0.2) is 23.6 Å². The molecule has 0 amide bonds. The molecule has 2 rings (SSSR count). The van der Waals surface area contributed by atoms with Crippen molar-refractivity contribution >= 4 is 17.6 Å². The van der Waals surface area contributed by atoms with Crippen LogP contribution in [-0.2, 0) is 11.2 Å². The van der Waals surface area contributed by atoms with Gasteiger partial charge in [0.05, 0.1) is 5.56 Å². The molecule has 0 spiro atoms. The second kappa shape index (κ2) is 3.59. The standard InChI is InChI=1S/C11H9NO3/c13-6-10-9-2-1-8(11(14)15)5-7(9)3-4-12-10/h1-2,5,12H,3-4H2,(H,14,15). The van der Waals surface area contributed by atoms with Gasteiger partial charge in [0, 0.05) is 12.1 Å². The van der Waals surface area contributed by atoms with Crippen molar-refractivity contribution in [3.8, 4) is 0 Å². The van der Waals surface area contributed by atoms with Crippen LogP contribution >= 0.6 is 0 Å². The van der Waals surface area contributed by atoms with E-state index in [1.54, 1.807) is 12.1 Å². The van der Waals surface area contributed by atoms with Crippen LogP contribution in [0.1, 0.15) is 21.5 Å². The summed E-state index contributed by atoms with van der Waals surface area (Å²) in [5, 5.41) is 11.7. The maximum absolute atomic E-state index is 10.7. The van der Waals surface area contributed by atoms with Gasteiger partial charge >= 0.3 is 5.97 Å². The van der Waals surface area contributed by atoms with E-state index in [-0.39, 0.29) is 5.56 Å². The van der Waals surface area contributed by atoms with Crippen LogP contribution < -0.4 is 5.32 Å². The van der Waals surface area contributed by atoms with Gasteiger partial charge in [0.15, 0.2) is 5.94 Å². The largest absolute Gasteiger partial charge is 0.478 e. The number of hydrogen-bond acceptors (Lipinski definition) is 3. The van der Waals surface area contributed by atoms with Crippen LogP contribution in [0, 0.1) is 0 Å². The summed E-state index contributed by atoms with van der Waals surface area (Å²) in [4.78, 5) is 21.3. The van der Waals surface area contributed by atoms with Crippen LogP contribution in [0.4, 0.5) is 0 Å². The zero-order valence-electron chi connectivity index (χ0n) is 7.91. The van der Waals surface area contributed by atoms with Crippen LogP contribution in [0.3, 0.4) is 0 Å². The van der Waals surface area contributed by atoms with E-state index in [1.165, 1.54) is 6.07 Å². The quantitative estimate of drug-likeness (QED) is 0.659. The number of aromatic carboxylic acids is 1. The van der Waals surface area contributed by atoms with E-state index in [9.17, 15) is 9.59 Å². The van der Waals surface area contributed by atoms with Gasteiger partial charge in [-0.25, -0.2) is 9.59 Å². The molecule has 2 N–H and O–H groups in total. The van der Waals surface area contributed by atoms with Gasteiger partial charge in [-0.2, -0.15) is 0 Å². The van der Waals surface area contributed by atoms with Crippen molar-refractivity contribution in [2.45, 2.75) is 6.42 Å². The van der Waals surface area contributed by atoms with Gasteiger partial charge in [0.2, 0.25) is 0 Å². The second-order valence-electron chi connectivity index (χ2n) is 3.33. The number of carbonyl (C=O) groups excluding carboxylic acids is 1. The molecule has 0 fully saturated rings. The molecule has 0 saturated carbocycles. The Bertz CT molecular complexity index is 473. The fourth-order valence-corrected chi connectivity index (χ4v) is 1.69. The highest BCUT2D eigenvalue weighted by atomic mass is 16.4. The molecule has 4 nitrogen and oxygen atoms in total. The van der Waals surface area contributed by atoms with Crippen molar-refractivity contribution in [1.29, 1.82) is 0 Å². The van der Waals surface area contributed by atoms with Crippen molar-refractivity contribution in [3.63, 3.8) is 0 Å². The topological polar surface area (TPSA) is 66.4 Å². The number of fused-ring (bicyclic) bond motifs is 1. The summed E-state index contributed by atoms with van der Waals surface area (Å²) < 4.78 is 0. The van der Waals surface area contributed by atoms with Crippen molar-refractivity contribution in [2.75, 3.05) is 6.54 Å². The number of benzene rings is 1. The van der Waals surface area contributed by atoms with Crippen LogP contribution in [0.25, 0.3) is 5.70 Å². The number of nitrogens with one attached hydrogen (secondary N) is 1. The van der Waals surface area contributed by atoms with Gasteiger partial charge in [0.25, 0.3) is 0 Å². The summed E-state index contributed by atoms with van der Waals surface area (Å²) in [5.41, 5.74) is 2.29. The minimum atomic E-state index is -0.951. The van der Waals surface area contributed by atoms with Crippen LogP contribution in [0.2, 0.25) is 0 Å². The minimum absolute atomic E-state index is 0.251. The molecule has 1 heterocycles. The number of carboxylic acid groups (broad SMARTS) is 1. The molecule has 0 saturated heterocycles. The predicted molar refractivity (Wildman–Crippen MR) is 54.2 cm³/mol. The second-order valence-corrected chi connectivity index (χ2v) is 3.33. The predicted octanol–water partition coefficient (Wildman–Crippen LogP) is 0.703. The summed E-state index contributed by atoms with van der Waals surface area (Å²) in [6, 6.07) is 4.74. The molecular formula is C11H9NO3. The summed E-state index contributed by atoms with van der Waals surface area (Å²) in [5.74, 6) is 0.866. The van der Waals surface area contributed by atoms with Crippen molar-refractivity contribution in [3.05, 3.63) is 34.9 Å². The van der Waals surface area contributed by atoms with E-state index in [4.69, 9.17) is 5.11 Å². The molecule has 0 atom stereocenters. The molecule has 76 valence electrons. The summed E-state index contributed by atoms with van der Waals surface area (Å²) in [6.07, 6.45) is 0.724. The Hall–Kier alpha value is -2.06. The maximum Gasteiger partial charge on any atom is 0.335 e. The Morgan fingerprint density at radius 3 is 2.93 bits per heavy atom. The van der Waals surface area contributed by atoms with Gasteiger partial charge in [-0.05, 0) is 24.1 Å². The van der Waals surface area contributed by atoms with E-state index < -0.39 is 5.97 Å². The number of carbonyl (C=O) groups is 1. The SMILES string of the molecule is O=C=C1NCCc2cc(C(=O)O)ccc21. The van der Waals surface area contributed by atoms with Crippen molar-refractivity contribution in [1.82, 2.24) is 5.32 Å². The molecule has 15 heavy (non-hydrogen) atoms. The lowest BCUT2D eigenvalue weighted by Gasteiger charge is -2.18. The third kappa shape index (κ3) is 1.63. The lowest BCUT2D eigenvalue weighted by Crippen LogP contribution is -2.23. The Labute approximate surface area is 86.2 Å². The number of carboxylic acids is 1. The van der Waals surface area contributed by atoms with Crippen molar-refractivity contribution in [2.24, 2.45) is 0 Å². The Morgan fingerprint density at radius 1 is 1.47 bits per heavy atom. The molecule has 1 aliphatic heterocycles. The Morgan fingerprint density at radius 2 is 2.27 bits per heavy atom. The molecule has 0 aliphatic carbocycles. The molecule has 0 unspecified atom stereocenters. The maximum atomic E-state index is 10.7. The van der Waals surface area contributed by atoms with Gasteiger partial charge in [-0.15, -0.1) is 0 Å². The summed E-state index contributed by atoms with van der Waals surface area (Å²) in [6.45, 7) is 0.640. The monoisotopic (exact) mass is 203 g/mol. The zero-order chi connectivity index (χ0) is 10.8. The van der Waals surface area contributed by atoms with Crippen LogP contribution in [0.5, 0.6) is 0 Å². The fourth-order valence-electron chi connectivity index (χ4n) is 1.69. The molecular weight excluding hydrogens is 194 g/mol. The molecule has 0 aromatic heterocycles. The van der Waals surface area contributed by atoms with Gasteiger partial charge in [-0.1, -0.05) is 6.07 Å². The van der Waals surface area contributed by atoms with Gasteiger partial charge in [0.1, 0.15) is 5.70 Å². The average Bonchev–Trinajstić information content (AvgIpc) is 2.27. The first-order valence-electron chi connectivity index (χ1n) is 4.58. The van der Waals surface area contributed by atoms with Crippen molar-refractivity contribution < 1.29 is 14.7 Å². The fraction of sp³-hybridized carbons (Fsp3) is 0.182. The normalized spacial score (nSPS) is 13.7. The van der Waals surface area contributed by atoms with Gasteiger partial charge < -0.3 is 10.4 Å². The zero-order valence-corrected chi connectivity index (χ0v) is 7.91. The third-order valence-electron chi connectivity index (χ3n) is 2.42. The average molecular weight is 203 g/mol. The highest BCUT2D eigenvalue weighted by Crippen LogP contribution is 2.21. The highest BCUT2D eigenvalue weighted by molar-refractivity contribution is 5.92. The van der Waals surface area contributed by atoms with E-state index in [1.807, 2.05) is 5.94 Å². The van der Waals surface area contributed by atoms with E-state index in [2.05, 4.69) is 5.32 Å². The molecule has 0 bridgehead atoms. The van der Waals surface area contributed by atoms with Gasteiger partial charge in [-0.3, -0.25) is 0 Å². The summed E-state index contributed by atoms with van der Waals surface area (Å²) >= 11 is 0. The first-order chi connectivity index (χ1) is 7.22. The molecule has 4 heteroatoms. The number of hydrogen-bond donors (Lipinski definition) is 2. The smallest absolute Gasteiger partial charge is 0.335 e. The lowest BCUT2D eigenvalue weighted by atomic mass is 9.96. The lowest BCUT2D eigenvalue weighted by molar-refractivity contribution is 0.0696. The summed E-state index contributed by atoms with van der Waals surface area (Å²) in [7, 11) is 0. The molecule has 1 aromatic carbocycles. The molecule has 1 aromatic rings. The highest BCUT2D eigenvalue weighted by Gasteiger charge is 2.16.